The van der Waals surface area contributed by atoms with Crippen LogP contribution in [0.4, 0.5) is 10.1 Å². The highest BCUT2D eigenvalue weighted by molar-refractivity contribution is 7.92. The number of halogens is 1. The van der Waals surface area contributed by atoms with Gasteiger partial charge >= 0.3 is 10.2 Å². The van der Waals surface area contributed by atoms with E-state index < -0.39 is 28.5 Å². The second kappa shape index (κ2) is 9.71. The molecule has 0 aromatic heterocycles. The van der Waals surface area contributed by atoms with Gasteiger partial charge in [-0.15, -0.1) is 0 Å². The molecule has 0 bridgehead atoms. The van der Waals surface area contributed by atoms with Gasteiger partial charge in [-0.05, 0) is 48.5 Å². The Morgan fingerprint density at radius 3 is 2.63 bits per heavy atom. The molecule has 2 saturated heterocycles. The molecule has 35 heavy (non-hydrogen) atoms. The molecule has 5 rings (SSSR count). The number of ether oxygens (including phenoxy) is 2. The zero-order valence-electron chi connectivity index (χ0n) is 19.0. The Bertz CT molecular complexity index is 1340. The second-order valence-electron chi connectivity index (χ2n) is 8.75. The van der Waals surface area contributed by atoms with Crippen LogP contribution in [-0.4, -0.2) is 40.6 Å². The molecular formula is C25H26FN3O5S. The molecule has 1 atom stereocenters. The Hall–Kier alpha value is -3.37. The number of amides is 1. The number of hydrogen-bond acceptors (Lipinski definition) is 6. The van der Waals surface area contributed by atoms with Gasteiger partial charge in [0.15, 0.2) is 5.82 Å². The number of nitrogens with zero attached hydrogens (tertiary/aromatic N) is 1. The molecule has 0 saturated carbocycles. The molecule has 2 aliphatic rings. The van der Waals surface area contributed by atoms with Crippen molar-refractivity contribution in [2.24, 2.45) is 5.92 Å². The lowest BCUT2D eigenvalue weighted by atomic mass is 10.0. The number of rotatable bonds is 7. The van der Waals surface area contributed by atoms with Crippen molar-refractivity contribution in [3.63, 3.8) is 0 Å². The van der Waals surface area contributed by atoms with Crippen molar-refractivity contribution in [2.45, 2.75) is 19.4 Å². The standard InChI is InChI=1S/C25H26FN3O5S/c26-24-21-12-20(33-16-18-7-4-10-27-13-18)9-8-19(21)11-22(34-15-17-5-2-1-3-6-17)25(24)29-14-23(30)28-35(29,31)32/h1-3,5-6,8-9,11-12,18,27H,4,7,10,13-16H2,(H,28,30)/t18-/m0/s1. The van der Waals surface area contributed by atoms with Crippen LogP contribution in [0.15, 0.2) is 54.6 Å². The maximum absolute atomic E-state index is 16.0. The average molecular weight is 500 g/mol. The molecule has 3 aromatic rings. The Morgan fingerprint density at radius 2 is 1.91 bits per heavy atom. The van der Waals surface area contributed by atoms with Crippen molar-refractivity contribution in [1.82, 2.24) is 10.0 Å². The highest BCUT2D eigenvalue weighted by Crippen LogP contribution is 2.40. The van der Waals surface area contributed by atoms with Crippen molar-refractivity contribution in [2.75, 3.05) is 30.5 Å². The average Bonchev–Trinajstić information content (AvgIpc) is 3.14. The number of carbonyl (C=O) groups is 1. The zero-order chi connectivity index (χ0) is 24.4. The zero-order valence-corrected chi connectivity index (χ0v) is 19.8. The van der Waals surface area contributed by atoms with Crippen LogP contribution in [-0.2, 0) is 21.6 Å². The molecule has 3 aromatic carbocycles. The van der Waals surface area contributed by atoms with Gasteiger partial charge in [0.25, 0.3) is 5.91 Å². The van der Waals surface area contributed by atoms with Crippen molar-refractivity contribution >= 4 is 32.6 Å². The molecule has 10 heteroatoms. The highest BCUT2D eigenvalue weighted by Gasteiger charge is 2.38. The minimum Gasteiger partial charge on any atom is -0.493 e. The van der Waals surface area contributed by atoms with Crippen LogP contribution in [0.3, 0.4) is 0 Å². The Kier molecular flexibility index (Phi) is 6.48. The van der Waals surface area contributed by atoms with Crippen LogP contribution in [0.2, 0.25) is 0 Å². The summed E-state index contributed by atoms with van der Waals surface area (Å²) in [5, 5.41) is 4.05. The van der Waals surface area contributed by atoms with Crippen LogP contribution in [0.25, 0.3) is 10.8 Å². The van der Waals surface area contributed by atoms with E-state index in [0.717, 1.165) is 31.5 Å². The lowest BCUT2D eigenvalue weighted by Crippen LogP contribution is -2.33. The summed E-state index contributed by atoms with van der Waals surface area (Å²) < 4.78 is 55.5. The molecule has 8 nitrogen and oxygen atoms in total. The summed E-state index contributed by atoms with van der Waals surface area (Å²) in [5.74, 6) is -0.641. The topological polar surface area (TPSA) is 97.0 Å². The van der Waals surface area contributed by atoms with Gasteiger partial charge in [0.1, 0.15) is 30.3 Å². The van der Waals surface area contributed by atoms with Gasteiger partial charge in [0.05, 0.1) is 6.61 Å². The first kappa shape index (κ1) is 23.4. The third-order valence-electron chi connectivity index (χ3n) is 6.18. The molecule has 0 aliphatic carbocycles. The minimum atomic E-state index is -4.25. The van der Waals surface area contributed by atoms with E-state index >= 15 is 4.39 Å². The maximum atomic E-state index is 16.0. The molecule has 2 aliphatic heterocycles. The monoisotopic (exact) mass is 499 g/mol. The van der Waals surface area contributed by atoms with Crippen molar-refractivity contribution < 1.29 is 27.1 Å². The molecule has 2 N–H and O–H groups in total. The first-order valence-electron chi connectivity index (χ1n) is 11.5. The molecule has 1 amide bonds. The SMILES string of the molecule is O=C1CN(c2c(OCc3ccccc3)cc3ccc(OC[C@H]4CCCNC4)cc3c2F)S(=O)(=O)N1. The van der Waals surface area contributed by atoms with E-state index in [1.54, 1.807) is 24.3 Å². The largest absolute Gasteiger partial charge is 0.493 e. The summed E-state index contributed by atoms with van der Waals surface area (Å²) in [6, 6.07) is 15.9. The number of anilines is 1. The fourth-order valence-electron chi connectivity index (χ4n) is 4.39. The van der Waals surface area contributed by atoms with E-state index in [2.05, 4.69) is 5.32 Å². The Morgan fingerprint density at radius 1 is 1.09 bits per heavy atom. The van der Waals surface area contributed by atoms with E-state index in [-0.39, 0.29) is 23.4 Å². The molecular weight excluding hydrogens is 473 g/mol. The molecule has 0 unspecified atom stereocenters. The quantitative estimate of drug-likeness (QED) is 0.519. The van der Waals surface area contributed by atoms with Crippen LogP contribution in [0.5, 0.6) is 11.5 Å². The number of benzene rings is 3. The summed E-state index contributed by atoms with van der Waals surface area (Å²) in [6.45, 7) is 1.96. The van der Waals surface area contributed by atoms with Gasteiger partial charge in [0.2, 0.25) is 0 Å². The van der Waals surface area contributed by atoms with E-state index in [1.807, 2.05) is 35.1 Å². The number of nitrogens with one attached hydrogen (secondary N) is 2. The second-order valence-corrected chi connectivity index (χ2v) is 10.3. The first-order valence-corrected chi connectivity index (χ1v) is 12.9. The molecule has 0 spiro atoms. The summed E-state index contributed by atoms with van der Waals surface area (Å²) in [7, 11) is -4.25. The van der Waals surface area contributed by atoms with E-state index in [0.29, 0.717) is 28.0 Å². The van der Waals surface area contributed by atoms with Gasteiger partial charge < -0.3 is 14.8 Å². The van der Waals surface area contributed by atoms with Gasteiger partial charge in [-0.25, -0.2) is 13.4 Å². The molecule has 2 fully saturated rings. The lowest BCUT2D eigenvalue weighted by Gasteiger charge is -2.23. The fourth-order valence-corrected chi connectivity index (χ4v) is 5.55. The van der Waals surface area contributed by atoms with E-state index in [9.17, 15) is 13.2 Å². The fraction of sp³-hybridized carbons (Fsp3) is 0.320. The number of piperidine rings is 1. The summed E-state index contributed by atoms with van der Waals surface area (Å²) in [4.78, 5) is 11.9. The third kappa shape index (κ3) is 5.03. The summed E-state index contributed by atoms with van der Waals surface area (Å²) >= 11 is 0. The normalized spacial score (nSPS) is 19.5. The Labute approximate surface area is 203 Å². The van der Waals surface area contributed by atoms with Crippen LogP contribution in [0.1, 0.15) is 18.4 Å². The lowest BCUT2D eigenvalue weighted by molar-refractivity contribution is -0.117. The predicted octanol–water partition coefficient (Wildman–Crippen LogP) is 3.12. The van der Waals surface area contributed by atoms with E-state index in [4.69, 9.17) is 9.47 Å². The predicted molar refractivity (Wildman–Crippen MR) is 130 cm³/mol. The Balaban J connectivity index is 1.51. The number of hydrogen-bond donors (Lipinski definition) is 2. The number of carbonyl (C=O) groups excluding carboxylic acids is 1. The van der Waals surface area contributed by atoms with E-state index in [1.165, 1.54) is 0 Å². The van der Waals surface area contributed by atoms with Gasteiger partial charge in [-0.2, -0.15) is 8.42 Å². The van der Waals surface area contributed by atoms with Gasteiger partial charge in [-0.3, -0.25) is 4.79 Å². The summed E-state index contributed by atoms with van der Waals surface area (Å²) in [5.41, 5.74) is 0.527. The number of fused-ring (bicyclic) bond motifs is 1. The van der Waals surface area contributed by atoms with Gasteiger partial charge in [-0.1, -0.05) is 36.4 Å². The first-order chi connectivity index (χ1) is 16.9. The molecule has 2 heterocycles. The van der Waals surface area contributed by atoms with Crippen LogP contribution < -0.4 is 23.8 Å². The van der Waals surface area contributed by atoms with Crippen molar-refractivity contribution in [3.8, 4) is 11.5 Å². The molecule has 0 radical (unpaired) electrons. The molecule has 184 valence electrons. The van der Waals surface area contributed by atoms with Crippen molar-refractivity contribution in [3.05, 3.63) is 66.0 Å². The maximum Gasteiger partial charge on any atom is 0.326 e. The van der Waals surface area contributed by atoms with Crippen LogP contribution in [0, 0.1) is 11.7 Å². The van der Waals surface area contributed by atoms with Crippen LogP contribution >= 0.6 is 0 Å². The smallest absolute Gasteiger partial charge is 0.326 e. The highest BCUT2D eigenvalue weighted by atomic mass is 32.2. The minimum absolute atomic E-state index is 0.0286. The van der Waals surface area contributed by atoms with Crippen molar-refractivity contribution in [1.29, 1.82) is 0 Å². The van der Waals surface area contributed by atoms with Gasteiger partial charge in [0, 0.05) is 17.8 Å². The third-order valence-corrected chi connectivity index (χ3v) is 7.56. The summed E-state index contributed by atoms with van der Waals surface area (Å²) in [6.07, 6.45) is 2.15.